The number of aromatic amines is 1. The zero-order valence-electron chi connectivity index (χ0n) is 11.7. The van der Waals surface area contributed by atoms with E-state index in [1.54, 1.807) is 6.20 Å². The number of hydrogen-bond acceptors (Lipinski definition) is 5. The lowest BCUT2D eigenvalue weighted by molar-refractivity contribution is 0.0558. The van der Waals surface area contributed by atoms with Gasteiger partial charge in [-0.3, -0.25) is 0 Å². The predicted molar refractivity (Wildman–Crippen MR) is 77.8 cm³/mol. The summed E-state index contributed by atoms with van der Waals surface area (Å²) >= 11 is 0. The Balaban J connectivity index is 1.70. The summed E-state index contributed by atoms with van der Waals surface area (Å²) in [6.45, 7) is 1.21. The smallest absolute Gasteiger partial charge is 0.206 e. The van der Waals surface area contributed by atoms with Gasteiger partial charge in [-0.05, 0) is 12.1 Å². The van der Waals surface area contributed by atoms with Gasteiger partial charge in [-0.2, -0.15) is 15.4 Å². The van der Waals surface area contributed by atoms with Crippen LogP contribution < -0.4 is 4.90 Å². The first-order valence-electron chi connectivity index (χ1n) is 6.92. The van der Waals surface area contributed by atoms with Crippen LogP contribution >= 0.6 is 0 Å². The maximum Gasteiger partial charge on any atom is 0.206 e. The van der Waals surface area contributed by atoms with Crippen molar-refractivity contribution in [2.45, 2.75) is 12.0 Å². The molecule has 7 nitrogen and oxygen atoms in total. The van der Waals surface area contributed by atoms with Crippen LogP contribution in [0.2, 0.25) is 0 Å². The molecule has 4 rings (SSSR count). The van der Waals surface area contributed by atoms with E-state index < -0.39 is 5.60 Å². The molecule has 21 heavy (non-hydrogen) atoms. The molecule has 0 unspecified atom stereocenters. The van der Waals surface area contributed by atoms with Crippen molar-refractivity contribution in [1.82, 2.24) is 25.0 Å². The van der Waals surface area contributed by atoms with Crippen LogP contribution in [0.1, 0.15) is 12.1 Å². The molecule has 3 heterocycles. The highest BCUT2D eigenvalue weighted by molar-refractivity contribution is 5.78. The van der Waals surface area contributed by atoms with E-state index in [2.05, 4.69) is 29.9 Å². The molecule has 1 aliphatic rings. The van der Waals surface area contributed by atoms with Gasteiger partial charge in [-0.25, -0.2) is 4.98 Å². The van der Waals surface area contributed by atoms with E-state index in [-0.39, 0.29) is 0 Å². The highest BCUT2D eigenvalue weighted by atomic mass is 16.3. The van der Waals surface area contributed by atoms with Crippen molar-refractivity contribution in [3.8, 4) is 0 Å². The number of β-amino-alcohol motifs (C(OH)–C–C–N with tert-alkyl or cyclic N) is 1. The number of imidazole rings is 1. The molecule has 0 bridgehead atoms. The summed E-state index contributed by atoms with van der Waals surface area (Å²) in [5.41, 5.74) is 1.67. The number of benzene rings is 1. The predicted octanol–water partition coefficient (Wildman–Crippen LogP) is 0.789. The Kier molecular flexibility index (Phi) is 2.52. The summed E-state index contributed by atoms with van der Waals surface area (Å²) in [5, 5.41) is 21.1. The molecule has 0 spiro atoms. The van der Waals surface area contributed by atoms with Crippen molar-refractivity contribution in [2.75, 3.05) is 18.0 Å². The number of H-pyrrole nitrogens is 1. The lowest BCUT2D eigenvalue weighted by Gasteiger charge is -2.21. The van der Waals surface area contributed by atoms with Crippen LogP contribution in [0, 0.1) is 0 Å². The molecule has 1 saturated heterocycles. The van der Waals surface area contributed by atoms with Crippen molar-refractivity contribution in [1.29, 1.82) is 0 Å². The van der Waals surface area contributed by atoms with E-state index in [0.717, 1.165) is 23.5 Å². The van der Waals surface area contributed by atoms with E-state index in [4.69, 9.17) is 0 Å². The molecule has 7 heteroatoms. The molecular formula is C14H16N6O. The monoisotopic (exact) mass is 284 g/mol. The molecule has 0 saturated carbocycles. The van der Waals surface area contributed by atoms with Gasteiger partial charge in [0.25, 0.3) is 0 Å². The van der Waals surface area contributed by atoms with Crippen LogP contribution in [0.5, 0.6) is 0 Å². The van der Waals surface area contributed by atoms with E-state index >= 15 is 0 Å². The number of nitrogens with zero attached hydrogens (tertiary/aromatic N) is 5. The second kappa shape index (κ2) is 4.29. The number of rotatable bonds is 2. The number of aromatic nitrogens is 5. The molecule has 3 aromatic rings. The molecule has 0 amide bonds. The molecule has 108 valence electrons. The van der Waals surface area contributed by atoms with Crippen LogP contribution in [-0.2, 0) is 12.6 Å². The first-order valence-corrected chi connectivity index (χ1v) is 6.92. The first-order chi connectivity index (χ1) is 10.2. The minimum absolute atomic E-state index is 0.469. The van der Waals surface area contributed by atoms with Crippen molar-refractivity contribution in [3.63, 3.8) is 0 Å². The third-order valence-corrected chi connectivity index (χ3v) is 4.19. The molecule has 0 aliphatic carbocycles. The molecule has 1 aromatic carbocycles. The van der Waals surface area contributed by atoms with E-state index in [0.29, 0.717) is 18.7 Å². The summed E-state index contributed by atoms with van der Waals surface area (Å²) in [6, 6.07) is 8.03. The number of nitrogens with one attached hydrogen (secondary N) is 1. The lowest BCUT2D eigenvalue weighted by Crippen LogP contribution is -2.32. The Bertz CT molecular complexity index is 780. The van der Waals surface area contributed by atoms with Gasteiger partial charge in [0, 0.05) is 20.0 Å². The topological polar surface area (TPSA) is 82.9 Å². The zero-order chi connectivity index (χ0) is 14.4. The Morgan fingerprint density at radius 1 is 1.33 bits per heavy atom. The Morgan fingerprint density at radius 3 is 2.95 bits per heavy atom. The van der Waals surface area contributed by atoms with Gasteiger partial charge in [0.05, 0.1) is 23.8 Å². The zero-order valence-corrected chi connectivity index (χ0v) is 11.7. The number of aryl methyl sites for hydroxylation is 1. The van der Waals surface area contributed by atoms with Gasteiger partial charge in [0.1, 0.15) is 11.3 Å². The van der Waals surface area contributed by atoms with Gasteiger partial charge in [-0.15, -0.1) is 0 Å². The quantitative estimate of drug-likeness (QED) is 0.727. The Morgan fingerprint density at radius 2 is 2.19 bits per heavy atom. The van der Waals surface area contributed by atoms with Crippen LogP contribution in [0.25, 0.3) is 11.0 Å². The second-order valence-electron chi connectivity index (χ2n) is 5.52. The molecule has 1 fully saturated rings. The minimum Gasteiger partial charge on any atom is -0.381 e. The van der Waals surface area contributed by atoms with Gasteiger partial charge >= 0.3 is 0 Å². The molecular weight excluding hydrogens is 268 g/mol. The summed E-state index contributed by atoms with van der Waals surface area (Å²) in [6.07, 6.45) is 2.20. The third-order valence-electron chi connectivity index (χ3n) is 4.19. The van der Waals surface area contributed by atoms with Crippen molar-refractivity contribution >= 4 is 17.0 Å². The number of anilines is 1. The number of para-hydroxylation sites is 2. The van der Waals surface area contributed by atoms with Crippen molar-refractivity contribution in [3.05, 3.63) is 36.2 Å². The van der Waals surface area contributed by atoms with Crippen molar-refractivity contribution in [2.24, 2.45) is 7.05 Å². The summed E-state index contributed by atoms with van der Waals surface area (Å²) in [5.74, 6) is 0.871. The Hall–Kier alpha value is -2.41. The summed E-state index contributed by atoms with van der Waals surface area (Å²) in [4.78, 5) is 6.77. The molecule has 1 aliphatic heterocycles. The van der Waals surface area contributed by atoms with Gasteiger partial charge < -0.3 is 14.6 Å². The van der Waals surface area contributed by atoms with Crippen molar-refractivity contribution < 1.29 is 5.11 Å². The van der Waals surface area contributed by atoms with Gasteiger partial charge in [-0.1, -0.05) is 12.1 Å². The standard InChI is InChI=1S/C14H16N6O/c1-19-11-5-3-2-4-10(11)16-13(19)20-7-6-14(21,9-20)12-8-15-18-17-12/h2-5,8,21H,6-7,9H2,1H3,(H,15,17,18)/t14-/m1/s1. The average molecular weight is 284 g/mol. The largest absolute Gasteiger partial charge is 0.381 e. The van der Waals surface area contributed by atoms with E-state index in [9.17, 15) is 5.11 Å². The normalized spacial score (nSPS) is 22.3. The van der Waals surface area contributed by atoms with Crippen LogP contribution in [0.3, 0.4) is 0 Å². The fraction of sp³-hybridized carbons (Fsp3) is 0.357. The van der Waals surface area contributed by atoms with Crippen LogP contribution in [0.4, 0.5) is 5.95 Å². The maximum absolute atomic E-state index is 10.7. The van der Waals surface area contributed by atoms with E-state index in [1.165, 1.54) is 0 Å². The molecule has 2 aromatic heterocycles. The number of fused-ring (bicyclic) bond motifs is 1. The highest BCUT2D eigenvalue weighted by Crippen LogP contribution is 2.33. The maximum atomic E-state index is 10.7. The fourth-order valence-corrected chi connectivity index (χ4v) is 3.02. The molecule has 1 atom stereocenters. The van der Waals surface area contributed by atoms with Gasteiger partial charge in [0.15, 0.2) is 0 Å². The minimum atomic E-state index is -0.967. The van der Waals surface area contributed by atoms with E-state index in [1.807, 2.05) is 31.3 Å². The van der Waals surface area contributed by atoms with Gasteiger partial charge in [0.2, 0.25) is 5.95 Å². The number of aliphatic hydroxyl groups is 1. The fourth-order valence-electron chi connectivity index (χ4n) is 3.02. The Labute approximate surface area is 121 Å². The van der Waals surface area contributed by atoms with Crippen LogP contribution in [-0.4, -0.2) is 43.2 Å². The molecule has 0 radical (unpaired) electrons. The van der Waals surface area contributed by atoms with Crippen LogP contribution in [0.15, 0.2) is 30.5 Å². The average Bonchev–Trinajstić information content (AvgIpc) is 3.19. The highest BCUT2D eigenvalue weighted by Gasteiger charge is 2.41. The second-order valence-corrected chi connectivity index (χ2v) is 5.52. The third kappa shape index (κ3) is 1.81. The number of hydrogen-bond donors (Lipinski definition) is 2. The summed E-state index contributed by atoms with van der Waals surface area (Å²) in [7, 11) is 2.00. The first kappa shape index (κ1) is 12.3. The molecule has 2 N–H and O–H groups in total. The lowest BCUT2D eigenvalue weighted by atomic mass is 10.0. The summed E-state index contributed by atoms with van der Waals surface area (Å²) < 4.78 is 2.06. The SMILES string of the molecule is Cn1c(N2CC[C@](O)(c3cn[nH]n3)C2)nc2ccccc21.